The molecule has 1 amide bonds. The lowest BCUT2D eigenvalue weighted by Crippen LogP contribution is -2.45. The van der Waals surface area contributed by atoms with Gasteiger partial charge in [-0.3, -0.25) is 4.79 Å². The SMILES string of the molecule is CCOC(=O)c1ccc(N2CCC(NCC(O)COc3ccc(OCc4cccc(NC(C)=O)c4)cc3)CC2)nc1. The van der Waals surface area contributed by atoms with Crippen LogP contribution in [-0.4, -0.2) is 67.0 Å². The molecule has 3 aromatic rings. The van der Waals surface area contributed by atoms with Crippen molar-refractivity contribution >= 4 is 23.4 Å². The summed E-state index contributed by atoms with van der Waals surface area (Å²) < 4.78 is 16.6. The average molecular weight is 563 g/mol. The van der Waals surface area contributed by atoms with Crippen LogP contribution in [0.4, 0.5) is 11.5 Å². The molecule has 10 heteroatoms. The van der Waals surface area contributed by atoms with E-state index >= 15 is 0 Å². The van der Waals surface area contributed by atoms with Crippen molar-refractivity contribution < 1.29 is 28.9 Å². The van der Waals surface area contributed by atoms with Crippen LogP contribution < -0.4 is 25.0 Å². The smallest absolute Gasteiger partial charge is 0.339 e. The first-order chi connectivity index (χ1) is 19.9. The van der Waals surface area contributed by atoms with Gasteiger partial charge in [0.15, 0.2) is 0 Å². The van der Waals surface area contributed by atoms with Crippen molar-refractivity contribution in [1.29, 1.82) is 0 Å². The van der Waals surface area contributed by atoms with E-state index in [1.54, 1.807) is 19.2 Å². The average Bonchev–Trinajstić information content (AvgIpc) is 2.99. The molecule has 1 fully saturated rings. The molecular weight excluding hydrogens is 524 g/mol. The number of anilines is 2. The number of carbonyl (C=O) groups excluding carboxylic acids is 2. The lowest BCUT2D eigenvalue weighted by atomic mass is 10.0. The van der Waals surface area contributed by atoms with Crippen LogP contribution in [0.2, 0.25) is 0 Å². The molecule has 1 aliphatic heterocycles. The summed E-state index contributed by atoms with van der Waals surface area (Å²) in [5, 5.41) is 16.6. The van der Waals surface area contributed by atoms with Gasteiger partial charge in [-0.1, -0.05) is 12.1 Å². The Balaban J connectivity index is 1.12. The number of hydrogen-bond acceptors (Lipinski definition) is 9. The van der Waals surface area contributed by atoms with E-state index in [0.717, 1.165) is 43.0 Å². The van der Waals surface area contributed by atoms with E-state index in [2.05, 4.69) is 20.5 Å². The van der Waals surface area contributed by atoms with Gasteiger partial charge in [-0.15, -0.1) is 0 Å². The number of nitrogens with zero attached hydrogens (tertiary/aromatic N) is 2. The van der Waals surface area contributed by atoms with Gasteiger partial charge in [0.05, 0.1) is 12.2 Å². The van der Waals surface area contributed by atoms with Crippen LogP contribution in [0.5, 0.6) is 11.5 Å². The predicted octanol–water partition coefficient (Wildman–Crippen LogP) is 3.79. The Kier molecular flexibility index (Phi) is 10.9. The highest BCUT2D eigenvalue weighted by molar-refractivity contribution is 5.89. The molecule has 1 saturated heterocycles. The van der Waals surface area contributed by atoms with Crippen molar-refractivity contribution in [3.63, 3.8) is 0 Å². The summed E-state index contributed by atoms with van der Waals surface area (Å²) in [5.74, 6) is 1.72. The van der Waals surface area contributed by atoms with Gasteiger partial charge in [0.1, 0.15) is 36.6 Å². The van der Waals surface area contributed by atoms with E-state index in [1.807, 2.05) is 54.6 Å². The standard InChI is InChI=1S/C31H38N4O6/c1-3-39-31(38)24-7-12-30(33-18-24)35-15-13-25(14-16-35)32-19-27(37)21-41-29-10-8-28(9-11-29)40-20-23-5-4-6-26(17-23)34-22(2)36/h4-12,17-18,25,27,32,37H,3,13-16,19-21H2,1-2H3,(H,34,36). The van der Waals surface area contributed by atoms with Crippen LogP contribution in [0.1, 0.15) is 42.6 Å². The van der Waals surface area contributed by atoms with Gasteiger partial charge < -0.3 is 34.9 Å². The summed E-state index contributed by atoms with van der Waals surface area (Å²) in [7, 11) is 0. The van der Waals surface area contributed by atoms with Crippen LogP contribution in [0.15, 0.2) is 66.9 Å². The maximum Gasteiger partial charge on any atom is 0.339 e. The number of amides is 1. The molecule has 218 valence electrons. The molecule has 0 saturated carbocycles. The number of nitrogens with one attached hydrogen (secondary N) is 2. The van der Waals surface area contributed by atoms with Gasteiger partial charge in [0.25, 0.3) is 0 Å². The van der Waals surface area contributed by atoms with E-state index in [1.165, 1.54) is 6.92 Å². The molecule has 0 spiro atoms. The van der Waals surface area contributed by atoms with Gasteiger partial charge in [-0.25, -0.2) is 9.78 Å². The van der Waals surface area contributed by atoms with Crippen molar-refractivity contribution in [2.75, 3.05) is 43.1 Å². The number of benzene rings is 2. The van der Waals surface area contributed by atoms with Crippen molar-refractivity contribution in [3.05, 3.63) is 78.0 Å². The summed E-state index contributed by atoms with van der Waals surface area (Å²) in [6.45, 7) is 6.26. The predicted molar refractivity (Wildman–Crippen MR) is 156 cm³/mol. The topological polar surface area (TPSA) is 122 Å². The van der Waals surface area contributed by atoms with E-state index in [-0.39, 0.29) is 18.5 Å². The molecule has 3 N–H and O–H groups in total. The summed E-state index contributed by atoms with van der Waals surface area (Å²) >= 11 is 0. The molecule has 2 heterocycles. The third kappa shape index (κ3) is 9.47. The van der Waals surface area contributed by atoms with Gasteiger partial charge in [-0.05, 0) is 73.9 Å². The third-order valence-electron chi connectivity index (χ3n) is 6.64. The number of ether oxygens (including phenoxy) is 3. The summed E-state index contributed by atoms with van der Waals surface area (Å²) in [4.78, 5) is 29.7. The van der Waals surface area contributed by atoms with Crippen molar-refractivity contribution in [2.24, 2.45) is 0 Å². The molecule has 0 aliphatic carbocycles. The zero-order valence-corrected chi connectivity index (χ0v) is 23.5. The van der Waals surface area contributed by atoms with E-state index in [0.29, 0.717) is 42.9 Å². The highest BCUT2D eigenvalue weighted by Crippen LogP contribution is 2.21. The van der Waals surface area contributed by atoms with Gasteiger partial charge in [0, 0.05) is 44.5 Å². The third-order valence-corrected chi connectivity index (χ3v) is 6.64. The minimum atomic E-state index is -0.642. The largest absolute Gasteiger partial charge is 0.491 e. The molecule has 1 aromatic heterocycles. The number of esters is 1. The second-order valence-electron chi connectivity index (χ2n) is 9.90. The fourth-order valence-electron chi connectivity index (χ4n) is 4.52. The molecular formula is C31H38N4O6. The second kappa shape index (κ2) is 15.0. The maximum atomic E-state index is 11.8. The monoisotopic (exact) mass is 562 g/mol. The maximum absolute atomic E-state index is 11.8. The van der Waals surface area contributed by atoms with E-state index < -0.39 is 6.10 Å². The lowest BCUT2D eigenvalue weighted by molar-refractivity contribution is -0.114. The highest BCUT2D eigenvalue weighted by atomic mass is 16.5. The Hall–Kier alpha value is -4.15. The zero-order chi connectivity index (χ0) is 29.0. The molecule has 1 atom stereocenters. The Morgan fingerprint density at radius 2 is 1.78 bits per heavy atom. The molecule has 0 radical (unpaired) electrons. The van der Waals surface area contributed by atoms with Crippen molar-refractivity contribution in [3.8, 4) is 11.5 Å². The number of carbonyl (C=O) groups is 2. The van der Waals surface area contributed by atoms with E-state index in [9.17, 15) is 14.7 Å². The lowest BCUT2D eigenvalue weighted by Gasteiger charge is -2.33. The van der Waals surface area contributed by atoms with Gasteiger partial charge in [-0.2, -0.15) is 0 Å². The normalized spacial score (nSPS) is 14.3. The number of aromatic nitrogens is 1. The van der Waals surface area contributed by atoms with Crippen molar-refractivity contribution in [2.45, 2.75) is 45.4 Å². The Bertz CT molecular complexity index is 1260. The number of pyridine rings is 1. The first kappa shape index (κ1) is 29.8. The first-order valence-corrected chi connectivity index (χ1v) is 13.9. The van der Waals surface area contributed by atoms with Gasteiger partial charge in [0.2, 0.25) is 5.91 Å². The second-order valence-corrected chi connectivity index (χ2v) is 9.90. The molecule has 0 bridgehead atoms. The van der Waals surface area contributed by atoms with Crippen molar-refractivity contribution in [1.82, 2.24) is 10.3 Å². The minimum Gasteiger partial charge on any atom is -0.491 e. The molecule has 1 unspecified atom stereocenters. The Labute approximate surface area is 240 Å². The summed E-state index contributed by atoms with van der Waals surface area (Å²) in [6, 6.07) is 18.7. The van der Waals surface area contributed by atoms with Crippen LogP contribution in [0, 0.1) is 0 Å². The Morgan fingerprint density at radius 1 is 1.05 bits per heavy atom. The quantitative estimate of drug-likeness (QED) is 0.267. The fourth-order valence-corrected chi connectivity index (χ4v) is 4.52. The summed E-state index contributed by atoms with van der Waals surface area (Å²) in [5.41, 5.74) is 2.13. The zero-order valence-electron chi connectivity index (χ0n) is 23.5. The molecule has 1 aliphatic rings. The number of aliphatic hydroxyl groups is 1. The fraction of sp³-hybridized carbons (Fsp3) is 0.387. The Morgan fingerprint density at radius 3 is 2.44 bits per heavy atom. The van der Waals surface area contributed by atoms with Crippen LogP contribution in [0.3, 0.4) is 0 Å². The highest BCUT2D eigenvalue weighted by Gasteiger charge is 2.21. The summed E-state index contributed by atoms with van der Waals surface area (Å²) in [6.07, 6.45) is 2.77. The minimum absolute atomic E-state index is 0.115. The molecule has 4 rings (SSSR count). The van der Waals surface area contributed by atoms with E-state index in [4.69, 9.17) is 14.2 Å². The number of aliphatic hydroxyl groups excluding tert-OH is 1. The number of hydrogen-bond donors (Lipinski definition) is 3. The van der Waals surface area contributed by atoms with Crippen LogP contribution in [0.25, 0.3) is 0 Å². The molecule has 41 heavy (non-hydrogen) atoms. The first-order valence-electron chi connectivity index (χ1n) is 13.9. The van der Waals surface area contributed by atoms with Crippen LogP contribution in [-0.2, 0) is 16.1 Å². The number of rotatable bonds is 13. The van der Waals surface area contributed by atoms with Gasteiger partial charge >= 0.3 is 5.97 Å². The van der Waals surface area contributed by atoms with Crippen LogP contribution >= 0.6 is 0 Å². The number of piperidine rings is 1. The molecule has 10 nitrogen and oxygen atoms in total. The molecule has 2 aromatic carbocycles.